The van der Waals surface area contributed by atoms with E-state index in [9.17, 15) is 8.42 Å². The van der Waals surface area contributed by atoms with E-state index in [0.29, 0.717) is 17.1 Å². The highest BCUT2D eigenvalue weighted by molar-refractivity contribution is 7.89. The van der Waals surface area contributed by atoms with E-state index < -0.39 is 10.0 Å². The maximum absolute atomic E-state index is 14.1. The number of tetrazole rings is 1. The second kappa shape index (κ2) is 9.96. The summed E-state index contributed by atoms with van der Waals surface area (Å²) in [4.78, 5) is 4.62. The molecule has 0 bridgehead atoms. The molecule has 0 unspecified atom stereocenters. The highest BCUT2D eigenvalue weighted by atomic mass is 32.2. The number of hydrogen-bond acceptors (Lipinski definition) is 6. The number of nitrogens with one attached hydrogen (secondary N) is 1. The molecule has 174 valence electrons. The zero-order chi connectivity index (χ0) is 24.1. The maximum atomic E-state index is 14.1. The van der Waals surface area contributed by atoms with Crippen LogP contribution < -0.4 is 0 Å². The van der Waals surface area contributed by atoms with Gasteiger partial charge in [0.2, 0.25) is 10.0 Å². The van der Waals surface area contributed by atoms with Gasteiger partial charge in [-0.1, -0.05) is 78.9 Å². The average Bonchev–Trinajstić information content (AvgIpc) is 3.45. The van der Waals surface area contributed by atoms with Crippen molar-refractivity contribution in [2.24, 2.45) is 0 Å². The van der Waals surface area contributed by atoms with Gasteiger partial charge in [-0.3, -0.25) is 4.98 Å². The number of pyridine rings is 1. The fourth-order valence-corrected chi connectivity index (χ4v) is 5.45. The van der Waals surface area contributed by atoms with E-state index in [1.165, 1.54) is 4.31 Å². The Morgan fingerprint density at radius 3 is 2.20 bits per heavy atom. The van der Waals surface area contributed by atoms with Crippen molar-refractivity contribution in [3.05, 3.63) is 115 Å². The van der Waals surface area contributed by atoms with Crippen LogP contribution >= 0.6 is 0 Å². The molecule has 0 saturated heterocycles. The standard InChI is InChI=1S/C26H22N6O2S/c33-35(34,25-12-5-4-11-24(25)21-8-2-1-3-9-21)32(19-23-10-6-7-17-27-23)18-20-13-15-22(16-14-20)26-28-30-31-29-26/h1-17H,18-19H2,(H,28,29,30,31). The molecular weight excluding hydrogens is 460 g/mol. The van der Waals surface area contributed by atoms with Crippen molar-refractivity contribution in [1.29, 1.82) is 0 Å². The van der Waals surface area contributed by atoms with E-state index in [1.807, 2.05) is 84.9 Å². The maximum Gasteiger partial charge on any atom is 0.244 e. The van der Waals surface area contributed by atoms with Crippen molar-refractivity contribution in [3.63, 3.8) is 0 Å². The van der Waals surface area contributed by atoms with Gasteiger partial charge in [-0.25, -0.2) is 13.5 Å². The number of nitrogens with zero attached hydrogens (tertiary/aromatic N) is 5. The van der Waals surface area contributed by atoms with Gasteiger partial charge in [0.05, 0.1) is 17.1 Å². The van der Waals surface area contributed by atoms with Crippen molar-refractivity contribution in [3.8, 4) is 22.5 Å². The van der Waals surface area contributed by atoms with Crippen molar-refractivity contribution in [1.82, 2.24) is 29.9 Å². The summed E-state index contributed by atoms with van der Waals surface area (Å²) in [5, 5.41) is 13.8. The quantitative estimate of drug-likeness (QED) is 0.353. The molecule has 5 rings (SSSR count). The molecule has 35 heavy (non-hydrogen) atoms. The van der Waals surface area contributed by atoms with E-state index >= 15 is 0 Å². The van der Waals surface area contributed by atoms with Gasteiger partial charge in [-0.05, 0) is 39.8 Å². The lowest BCUT2D eigenvalue weighted by molar-refractivity contribution is 0.397. The van der Waals surface area contributed by atoms with Crippen LogP contribution in [0.1, 0.15) is 11.3 Å². The largest absolute Gasteiger partial charge is 0.260 e. The molecule has 0 spiro atoms. The Bertz CT molecular complexity index is 1490. The van der Waals surface area contributed by atoms with E-state index in [0.717, 1.165) is 16.7 Å². The second-order valence-corrected chi connectivity index (χ2v) is 9.81. The summed E-state index contributed by atoms with van der Waals surface area (Å²) < 4.78 is 29.6. The lowest BCUT2D eigenvalue weighted by atomic mass is 10.1. The molecule has 1 N–H and O–H groups in total. The van der Waals surface area contributed by atoms with Crippen molar-refractivity contribution in [2.75, 3.05) is 0 Å². The lowest BCUT2D eigenvalue weighted by Crippen LogP contribution is -2.31. The lowest BCUT2D eigenvalue weighted by Gasteiger charge is -2.24. The van der Waals surface area contributed by atoms with Gasteiger partial charge in [0.25, 0.3) is 0 Å². The molecule has 9 heteroatoms. The number of H-pyrrole nitrogens is 1. The number of sulfonamides is 1. The van der Waals surface area contributed by atoms with Crippen molar-refractivity contribution >= 4 is 10.0 Å². The number of hydrogen-bond donors (Lipinski definition) is 1. The Labute approximate surface area is 203 Å². The van der Waals surface area contributed by atoms with Crippen LogP contribution in [0.15, 0.2) is 108 Å². The van der Waals surface area contributed by atoms with Crippen molar-refractivity contribution in [2.45, 2.75) is 18.0 Å². The van der Waals surface area contributed by atoms with Gasteiger partial charge < -0.3 is 0 Å². The Hall–Kier alpha value is -4.21. The SMILES string of the molecule is O=S(=O)(c1ccccc1-c1ccccc1)N(Cc1ccc(-c2nnn[nH]2)cc1)Cc1ccccn1. The summed E-state index contributed by atoms with van der Waals surface area (Å²) in [6.45, 7) is 0.317. The van der Waals surface area contributed by atoms with Crippen LogP contribution in [0.2, 0.25) is 0 Å². The van der Waals surface area contributed by atoms with Crippen LogP contribution in [-0.4, -0.2) is 38.3 Å². The van der Waals surface area contributed by atoms with Gasteiger partial charge in [0, 0.05) is 23.9 Å². The molecule has 2 heterocycles. The fraction of sp³-hybridized carbons (Fsp3) is 0.0769. The molecule has 8 nitrogen and oxygen atoms in total. The summed E-state index contributed by atoms with van der Waals surface area (Å²) in [7, 11) is -3.87. The van der Waals surface area contributed by atoms with Gasteiger partial charge >= 0.3 is 0 Å². The van der Waals surface area contributed by atoms with Crippen LogP contribution in [0, 0.1) is 0 Å². The Balaban J connectivity index is 1.52. The minimum Gasteiger partial charge on any atom is -0.260 e. The number of aromatic nitrogens is 5. The molecule has 3 aromatic carbocycles. The highest BCUT2D eigenvalue weighted by Gasteiger charge is 2.28. The molecule has 0 fully saturated rings. The predicted octanol–water partition coefficient (Wildman–Crippen LogP) is 4.32. The van der Waals surface area contributed by atoms with Crippen molar-refractivity contribution < 1.29 is 8.42 Å². The molecule has 0 aliphatic carbocycles. The third-order valence-corrected chi connectivity index (χ3v) is 7.44. The zero-order valence-corrected chi connectivity index (χ0v) is 19.5. The summed E-state index contributed by atoms with van der Waals surface area (Å²) in [5.41, 5.74) is 3.81. The van der Waals surface area contributed by atoms with Crippen LogP contribution in [-0.2, 0) is 23.1 Å². The van der Waals surface area contributed by atoms with E-state index in [2.05, 4.69) is 25.6 Å². The third-order valence-electron chi connectivity index (χ3n) is 5.59. The first kappa shape index (κ1) is 22.6. The van der Waals surface area contributed by atoms with Gasteiger partial charge in [-0.15, -0.1) is 5.10 Å². The molecule has 2 aromatic heterocycles. The minimum atomic E-state index is -3.87. The first-order valence-corrected chi connectivity index (χ1v) is 12.4. The molecule has 0 saturated carbocycles. The van der Waals surface area contributed by atoms with Crippen LogP contribution in [0.4, 0.5) is 0 Å². The molecule has 0 radical (unpaired) electrons. The summed E-state index contributed by atoms with van der Waals surface area (Å²) in [6.07, 6.45) is 1.66. The predicted molar refractivity (Wildman–Crippen MR) is 132 cm³/mol. The van der Waals surface area contributed by atoms with Gasteiger partial charge in [0.15, 0.2) is 5.82 Å². The normalized spacial score (nSPS) is 11.6. The van der Waals surface area contributed by atoms with Crippen LogP contribution in [0.3, 0.4) is 0 Å². The summed E-state index contributed by atoms with van der Waals surface area (Å²) >= 11 is 0. The average molecular weight is 483 g/mol. The molecule has 0 aliphatic rings. The molecule has 0 amide bonds. The molecule has 5 aromatic rings. The number of benzene rings is 3. The number of aromatic amines is 1. The van der Waals surface area contributed by atoms with Crippen LogP contribution in [0.25, 0.3) is 22.5 Å². The fourth-order valence-electron chi connectivity index (χ4n) is 3.84. The minimum absolute atomic E-state index is 0.139. The Kier molecular flexibility index (Phi) is 6.42. The highest BCUT2D eigenvalue weighted by Crippen LogP contribution is 2.31. The van der Waals surface area contributed by atoms with E-state index in [1.54, 1.807) is 18.3 Å². The molecule has 0 atom stereocenters. The third kappa shape index (κ3) is 5.01. The Morgan fingerprint density at radius 2 is 1.49 bits per heavy atom. The van der Waals surface area contributed by atoms with Crippen LogP contribution in [0.5, 0.6) is 0 Å². The summed E-state index contributed by atoms with van der Waals surface area (Å²) in [6, 6.07) is 29.6. The molecule has 0 aliphatic heterocycles. The summed E-state index contributed by atoms with van der Waals surface area (Å²) in [5.74, 6) is 0.548. The van der Waals surface area contributed by atoms with E-state index in [4.69, 9.17) is 0 Å². The molecular formula is C26H22N6O2S. The topological polar surface area (TPSA) is 105 Å². The first-order valence-electron chi connectivity index (χ1n) is 11.0. The monoisotopic (exact) mass is 482 g/mol. The zero-order valence-electron chi connectivity index (χ0n) is 18.7. The second-order valence-electron chi connectivity index (χ2n) is 7.90. The van der Waals surface area contributed by atoms with E-state index in [-0.39, 0.29) is 18.0 Å². The number of rotatable bonds is 8. The smallest absolute Gasteiger partial charge is 0.244 e. The van der Waals surface area contributed by atoms with Gasteiger partial charge in [0.1, 0.15) is 0 Å². The van der Waals surface area contributed by atoms with Gasteiger partial charge in [-0.2, -0.15) is 4.31 Å². The first-order chi connectivity index (χ1) is 17.1. The Morgan fingerprint density at radius 1 is 0.743 bits per heavy atom.